The number of nitrogens with one attached hydrogen (secondary N) is 3. The second kappa shape index (κ2) is 8.78. The van der Waals surface area contributed by atoms with Crippen LogP contribution >= 0.6 is 0 Å². The fourth-order valence-corrected chi connectivity index (χ4v) is 1.91. The number of esters is 1. The van der Waals surface area contributed by atoms with Crippen LogP contribution in [0.5, 0.6) is 0 Å². The van der Waals surface area contributed by atoms with E-state index in [2.05, 4.69) is 15.4 Å². The van der Waals surface area contributed by atoms with Crippen LogP contribution < -0.4 is 15.5 Å². The van der Waals surface area contributed by atoms with E-state index in [9.17, 15) is 14.4 Å². The topological polar surface area (TPSA) is 88.9 Å². The molecule has 3 N–H and O–H groups in total. The number of amides is 2. The summed E-state index contributed by atoms with van der Waals surface area (Å²) in [7, 11) is 4.74. The van der Waals surface area contributed by atoms with Gasteiger partial charge >= 0.3 is 5.97 Å². The van der Waals surface area contributed by atoms with Gasteiger partial charge in [-0.3, -0.25) is 14.4 Å². The SMILES string of the molecule is CNC(=O)c1ccc(C[NH+](C)CC(=O)NCC(=O)OC)cc1. The Balaban J connectivity index is 2.44. The number of likely N-dealkylation sites (N-methyl/N-ethyl adjacent to an activating group) is 1. The van der Waals surface area contributed by atoms with Gasteiger partial charge < -0.3 is 20.3 Å². The zero-order valence-electron chi connectivity index (χ0n) is 13.1. The molecule has 1 rings (SSSR count). The number of rotatable bonds is 7. The van der Waals surface area contributed by atoms with E-state index in [1.54, 1.807) is 19.2 Å². The van der Waals surface area contributed by atoms with Crippen LogP contribution in [0, 0.1) is 0 Å². The molecule has 1 aromatic rings. The first kappa shape index (κ1) is 17.6. The summed E-state index contributed by atoms with van der Waals surface area (Å²) in [5.41, 5.74) is 1.62. The molecule has 0 bridgehead atoms. The molecule has 0 saturated carbocycles. The van der Waals surface area contributed by atoms with Crippen molar-refractivity contribution in [2.45, 2.75) is 6.54 Å². The fourth-order valence-electron chi connectivity index (χ4n) is 1.91. The molecule has 0 aliphatic carbocycles. The average molecular weight is 308 g/mol. The summed E-state index contributed by atoms with van der Waals surface area (Å²) < 4.78 is 4.45. The molecule has 2 amide bonds. The van der Waals surface area contributed by atoms with Crippen molar-refractivity contribution >= 4 is 17.8 Å². The van der Waals surface area contributed by atoms with Gasteiger partial charge in [0.1, 0.15) is 13.1 Å². The molecule has 1 unspecified atom stereocenters. The Morgan fingerprint density at radius 2 is 1.82 bits per heavy atom. The number of hydrogen-bond donors (Lipinski definition) is 3. The third kappa shape index (κ3) is 5.92. The van der Waals surface area contributed by atoms with Crippen molar-refractivity contribution < 1.29 is 24.0 Å². The third-order valence-electron chi connectivity index (χ3n) is 3.07. The largest absolute Gasteiger partial charge is 0.468 e. The molecule has 0 aliphatic heterocycles. The minimum absolute atomic E-state index is 0.122. The van der Waals surface area contributed by atoms with E-state index in [1.807, 2.05) is 19.2 Å². The molecular formula is C15H22N3O4+. The van der Waals surface area contributed by atoms with Crippen LogP contribution in [0.3, 0.4) is 0 Å². The highest BCUT2D eigenvalue weighted by Gasteiger charge is 2.12. The van der Waals surface area contributed by atoms with Crippen molar-refractivity contribution in [3.63, 3.8) is 0 Å². The van der Waals surface area contributed by atoms with Crippen molar-refractivity contribution in [2.75, 3.05) is 34.3 Å². The molecule has 0 aromatic heterocycles. The third-order valence-corrected chi connectivity index (χ3v) is 3.07. The van der Waals surface area contributed by atoms with Crippen molar-refractivity contribution in [3.05, 3.63) is 35.4 Å². The van der Waals surface area contributed by atoms with Gasteiger partial charge in [-0.15, -0.1) is 0 Å². The number of quaternary nitrogens is 1. The van der Waals surface area contributed by atoms with Crippen LogP contribution in [-0.2, 0) is 20.9 Å². The van der Waals surface area contributed by atoms with Crippen molar-refractivity contribution in [2.24, 2.45) is 0 Å². The monoisotopic (exact) mass is 308 g/mol. The summed E-state index contributed by atoms with van der Waals surface area (Å²) in [4.78, 5) is 35.0. The lowest BCUT2D eigenvalue weighted by Gasteiger charge is -2.14. The molecule has 0 saturated heterocycles. The normalized spacial score (nSPS) is 11.4. The second-order valence-corrected chi connectivity index (χ2v) is 4.94. The Morgan fingerprint density at radius 1 is 1.18 bits per heavy atom. The first-order valence-electron chi connectivity index (χ1n) is 6.92. The Hall–Kier alpha value is -2.41. The molecule has 0 radical (unpaired) electrons. The first-order valence-corrected chi connectivity index (χ1v) is 6.92. The van der Waals surface area contributed by atoms with Crippen LogP contribution in [0.2, 0.25) is 0 Å². The van der Waals surface area contributed by atoms with E-state index in [0.29, 0.717) is 12.1 Å². The number of carbonyl (C=O) groups is 3. The summed E-state index contributed by atoms with van der Waals surface area (Å²) in [6, 6.07) is 7.22. The summed E-state index contributed by atoms with van der Waals surface area (Å²) in [6.07, 6.45) is 0. The first-order chi connectivity index (χ1) is 10.5. The lowest BCUT2D eigenvalue weighted by Crippen LogP contribution is -3.08. The maximum atomic E-state index is 11.7. The van der Waals surface area contributed by atoms with Crippen molar-refractivity contribution in [1.29, 1.82) is 0 Å². The van der Waals surface area contributed by atoms with Crippen LogP contribution in [0.1, 0.15) is 15.9 Å². The number of benzene rings is 1. The second-order valence-electron chi connectivity index (χ2n) is 4.94. The van der Waals surface area contributed by atoms with E-state index in [-0.39, 0.29) is 24.9 Å². The summed E-state index contributed by atoms with van der Waals surface area (Å²) in [5.74, 6) is -0.824. The van der Waals surface area contributed by atoms with Gasteiger partial charge in [0.25, 0.3) is 11.8 Å². The zero-order chi connectivity index (χ0) is 16.5. The molecular weight excluding hydrogens is 286 g/mol. The Labute approximate surface area is 129 Å². The molecule has 1 aromatic carbocycles. The molecule has 120 valence electrons. The van der Waals surface area contributed by atoms with Crippen LogP contribution in [0.25, 0.3) is 0 Å². The fraction of sp³-hybridized carbons (Fsp3) is 0.400. The molecule has 7 nitrogen and oxygen atoms in total. The lowest BCUT2D eigenvalue weighted by atomic mass is 10.1. The minimum Gasteiger partial charge on any atom is -0.468 e. The van der Waals surface area contributed by atoms with E-state index in [4.69, 9.17) is 0 Å². The molecule has 1 atom stereocenters. The Morgan fingerprint density at radius 3 is 2.36 bits per heavy atom. The molecule has 0 heterocycles. The number of ether oxygens (including phenoxy) is 1. The van der Waals surface area contributed by atoms with Gasteiger partial charge in [-0.2, -0.15) is 0 Å². The van der Waals surface area contributed by atoms with E-state index in [1.165, 1.54) is 7.11 Å². The number of carbonyl (C=O) groups excluding carboxylic acids is 3. The Kier molecular flexibility index (Phi) is 7.04. The molecule has 0 aliphatic rings. The standard InChI is InChI=1S/C15H21N3O4/c1-16-15(21)12-6-4-11(5-7-12)9-18(2)10-13(19)17-8-14(20)22-3/h4-7H,8-10H2,1-3H3,(H,16,21)(H,17,19)/p+1. The summed E-state index contributed by atoms with van der Waals surface area (Å²) in [5, 5.41) is 5.06. The zero-order valence-corrected chi connectivity index (χ0v) is 13.1. The van der Waals surface area contributed by atoms with Crippen LogP contribution in [0.4, 0.5) is 0 Å². The molecule has 0 spiro atoms. The summed E-state index contributed by atoms with van der Waals surface area (Å²) in [6.45, 7) is 0.761. The maximum Gasteiger partial charge on any atom is 0.325 e. The van der Waals surface area contributed by atoms with Crippen LogP contribution in [0.15, 0.2) is 24.3 Å². The van der Waals surface area contributed by atoms with Crippen molar-refractivity contribution in [3.8, 4) is 0 Å². The van der Waals surface area contributed by atoms with Gasteiger partial charge in [0.05, 0.1) is 14.2 Å². The number of hydrogen-bond acceptors (Lipinski definition) is 4. The Bertz CT molecular complexity index is 528. The minimum atomic E-state index is -0.476. The van der Waals surface area contributed by atoms with Crippen LogP contribution in [-0.4, -0.2) is 52.1 Å². The smallest absolute Gasteiger partial charge is 0.325 e. The van der Waals surface area contributed by atoms with E-state index in [0.717, 1.165) is 10.5 Å². The van der Waals surface area contributed by atoms with Gasteiger partial charge in [0, 0.05) is 18.2 Å². The van der Waals surface area contributed by atoms with Gasteiger partial charge in [-0.1, -0.05) is 12.1 Å². The molecule has 22 heavy (non-hydrogen) atoms. The highest BCUT2D eigenvalue weighted by molar-refractivity contribution is 5.93. The number of methoxy groups -OCH3 is 1. The van der Waals surface area contributed by atoms with E-state index >= 15 is 0 Å². The van der Waals surface area contributed by atoms with E-state index < -0.39 is 5.97 Å². The van der Waals surface area contributed by atoms with Gasteiger partial charge in [0.2, 0.25) is 0 Å². The van der Waals surface area contributed by atoms with Crippen molar-refractivity contribution in [1.82, 2.24) is 10.6 Å². The lowest BCUT2D eigenvalue weighted by molar-refractivity contribution is -0.885. The quantitative estimate of drug-likeness (QED) is 0.527. The van der Waals surface area contributed by atoms with Gasteiger partial charge in [0.15, 0.2) is 6.54 Å². The highest BCUT2D eigenvalue weighted by atomic mass is 16.5. The predicted molar refractivity (Wildman–Crippen MR) is 80.3 cm³/mol. The molecule has 0 fully saturated rings. The van der Waals surface area contributed by atoms with Gasteiger partial charge in [-0.25, -0.2) is 0 Å². The molecule has 7 heteroatoms. The highest BCUT2D eigenvalue weighted by Crippen LogP contribution is 2.03. The maximum absolute atomic E-state index is 11.7. The summed E-state index contributed by atoms with van der Waals surface area (Å²) >= 11 is 0. The predicted octanol–water partition coefficient (Wildman–Crippen LogP) is -1.65. The van der Waals surface area contributed by atoms with Gasteiger partial charge in [-0.05, 0) is 12.1 Å². The average Bonchev–Trinajstić information content (AvgIpc) is 2.52.